The summed E-state index contributed by atoms with van der Waals surface area (Å²) in [6, 6.07) is 2.92. The molecule has 1 aliphatic carbocycles. The first kappa shape index (κ1) is 22.5. The van der Waals surface area contributed by atoms with E-state index in [0.29, 0.717) is 41.2 Å². The Bertz CT molecular complexity index is 1100. The van der Waals surface area contributed by atoms with Crippen LogP contribution in [0.4, 0.5) is 10.1 Å². The smallest absolute Gasteiger partial charge is 0.255 e. The number of nitrogens with zero attached hydrogens (tertiary/aromatic N) is 2. The van der Waals surface area contributed by atoms with Crippen molar-refractivity contribution in [3.8, 4) is 5.75 Å². The highest BCUT2D eigenvalue weighted by molar-refractivity contribution is 5.92. The summed E-state index contributed by atoms with van der Waals surface area (Å²) in [5.74, 6) is -0.684. The van der Waals surface area contributed by atoms with Gasteiger partial charge >= 0.3 is 0 Å². The Hall–Kier alpha value is -2.65. The lowest BCUT2D eigenvalue weighted by Gasteiger charge is -2.25. The van der Waals surface area contributed by atoms with Gasteiger partial charge in [0.2, 0.25) is 5.91 Å². The molecule has 2 fully saturated rings. The number of carbonyl (C=O) groups excluding carboxylic acids is 1. The number of aliphatic hydroxyl groups excluding tert-OH is 1. The predicted molar refractivity (Wildman–Crippen MR) is 120 cm³/mol. The summed E-state index contributed by atoms with van der Waals surface area (Å²) in [7, 11) is 0. The molecule has 1 saturated heterocycles. The maximum absolute atomic E-state index is 15.4. The van der Waals surface area contributed by atoms with Crippen LogP contribution >= 0.6 is 0 Å². The number of aryl methyl sites for hydroxylation is 1. The third-order valence-electron chi connectivity index (χ3n) is 6.63. The van der Waals surface area contributed by atoms with E-state index >= 15 is 4.39 Å². The van der Waals surface area contributed by atoms with E-state index in [4.69, 9.17) is 16.2 Å². The topological polar surface area (TPSA) is 124 Å². The number of nitrogens with two attached hydrogens (primary N) is 2. The lowest BCUT2D eigenvalue weighted by molar-refractivity contribution is -0.126. The van der Waals surface area contributed by atoms with Crippen LogP contribution in [0.25, 0.3) is 10.9 Å². The number of ether oxygens (including phenoxy) is 1. The molecule has 174 valence electrons. The second-order valence-corrected chi connectivity index (χ2v) is 9.09. The molecule has 8 nitrogen and oxygen atoms in total. The van der Waals surface area contributed by atoms with Crippen LogP contribution in [0, 0.1) is 18.7 Å². The molecule has 3 atom stereocenters. The van der Waals surface area contributed by atoms with Crippen molar-refractivity contribution in [2.45, 2.75) is 57.7 Å². The van der Waals surface area contributed by atoms with Crippen molar-refractivity contribution >= 4 is 22.5 Å². The van der Waals surface area contributed by atoms with Crippen molar-refractivity contribution in [2.75, 3.05) is 24.6 Å². The number of hydrogen-bond acceptors (Lipinski definition) is 6. The van der Waals surface area contributed by atoms with Gasteiger partial charge in [-0.05, 0) is 50.7 Å². The van der Waals surface area contributed by atoms with E-state index in [1.807, 2.05) is 18.7 Å². The maximum Gasteiger partial charge on any atom is 0.255 e. The summed E-state index contributed by atoms with van der Waals surface area (Å²) < 4.78 is 22.9. The molecule has 32 heavy (non-hydrogen) atoms. The average Bonchev–Trinajstić information content (AvgIpc) is 3.44. The molecule has 1 unspecified atom stereocenters. The molecule has 0 radical (unpaired) electrons. The first-order chi connectivity index (χ1) is 15.2. The Morgan fingerprint density at radius 1 is 1.34 bits per heavy atom. The predicted octanol–water partition coefficient (Wildman–Crippen LogP) is 1.57. The van der Waals surface area contributed by atoms with Gasteiger partial charge < -0.3 is 30.8 Å². The fourth-order valence-electron chi connectivity index (χ4n) is 4.67. The minimum Gasteiger partial charge on any atom is -0.493 e. The zero-order chi connectivity index (χ0) is 23.2. The molecule has 1 aliphatic heterocycles. The van der Waals surface area contributed by atoms with Gasteiger partial charge in [0.05, 0.1) is 17.8 Å². The van der Waals surface area contributed by atoms with Gasteiger partial charge in [-0.25, -0.2) is 4.39 Å². The molecule has 2 aromatic rings. The summed E-state index contributed by atoms with van der Waals surface area (Å²) >= 11 is 0. The summed E-state index contributed by atoms with van der Waals surface area (Å²) in [5.41, 5.74) is 12.8. The van der Waals surface area contributed by atoms with E-state index in [9.17, 15) is 14.7 Å². The van der Waals surface area contributed by atoms with Gasteiger partial charge in [-0.2, -0.15) is 0 Å². The number of halogens is 1. The number of aromatic nitrogens is 1. The number of anilines is 1. The van der Waals surface area contributed by atoms with Crippen molar-refractivity contribution < 1.29 is 19.0 Å². The number of benzene rings is 1. The Balaban J connectivity index is 1.77. The molecule has 5 N–H and O–H groups in total. The van der Waals surface area contributed by atoms with Crippen LogP contribution in [0.3, 0.4) is 0 Å². The molecule has 1 saturated carbocycles. The Kier molecular flexibility index (Phi) is 6.13. The monoisotopic (exact) mass is 446 g/mol. The van der Waals surface area contributed by atoms with Crippen molar-refractivity contribution in [3.63, 3.8) is 0 Å². The van der Waals surface area contributed by atoms with Crippen LogP contribution in [0.2, 0.25) is 0 Å². The number of carbonyl (C=O) groups is 1. The maximum atomic E-state index is 15.4. The van der Waals surface area contributed by atoms with Crippen LogP contribution in [-0.4, -0.2) is 47.4 Å². The molecule has 0 bridgehead atoms. The number of fused-ring (bicyclic) bond motifs is 1. The SMILES string of the molecule is Cc1c(N2CC[C@@H]([C@H](C)N)C2)c(F)cc2c(OCCC(O)C(N)=O)cc(=O)n(C3CC3)c12. The largest absolute Gasteiger partial charge is 0.493 e. The number of aliphatic hydroxyl groups is 1. The van der Waals surface area contributed by atoms with E-state index < -0.39 is 12.0 Å². The number of rotatable bonds is 8. The van der Waals surface area contributed by atoms with Crippen molar-refractivity contribution in [2.24, 2.45) is 17.4 Å². The third kappa shape index (κ3) is 4.19. The molecule has 4 rings (SSSR count). The molecule has 2 heterocycles. The summed E-state index contributed by atoms with van der Waals surface area (Å²) in [5, 5.41) is 10.1. The molecule has 9 heteroatoms. The minimum atomic E-state index is -1.34. The quantitative estimate of drug-likeness (QED) is 0.566. The second-order valence-electron chi connectivity index (χ2n) is 9.09. The highest BCUT2D eigenvalue weighted by Crippen LogP contribution is 2.42. The fourth-order valence-corrected chi connectivity index (χ4v) is 4.67. The molecular formula is C23H31FN4O4. The average molecular weight is 447 g/mol. The summed E-state index contributed by atoms with van der Waals surface area (Å²) in [4.78, 5) is 26.1. The Morgan fingerprint density at radius 3 is 2.66 bits per heavy atom. The lowest BCUT2D eigenvalue weighted by atomic mass is 10.0. The number of pyridine rings is 1. The number of amides is 1. The van der Waals surface area contributed by atoms with E-state index in [1.54, 1.807) is 4.57 Å². The van der Waals surface area contributed by atoms with Crippen LogP contribution in [0.15, 0.2) is 16.9 Å². The molecule has 2 aliphatic rings. The highest BCUT2D eigenvalue weighted by Gasteiger charge is 2.32. The molecule has 1 aromatic heterocycles. The van der Waals surface area contributed by atoms with Crippen molar-refractivity contribution in [3.05, 3.63) is 33.9 Å². The van der Waals surface area contributed by atoms with E-state index in [1.165, 1.54) is 12.1 Å². The Morgan fingerprint density at radius 2 is 2.06 bits per heavy atom. The number of hydrogen-bond donors (Lipinski definition) is 3. The molecule has 1 aromatic carbocycles. The summed E-state index contributed by atoms with van der Waals surface area (Å²) in [6.45, 7) is 5.18. The van der Waals surface area contributed by atoms with Gasteiger partial charge in [0.15, 0.2) is 0 Å². The van der Waals surface area contributed by atoms with Crippen LogP contribution < -0.4 is 26.7 Å². The van der Waals surface area contributed by atoms with Crippen molar-refractivity contribution in [1.29, 1.82) is 0 Å². The normalized spacial score (nSPS) is 20.5. The van der Waals surface area contributed by atoms with E-state index in [0.717, 1.165) is 19.3 Å². The van der Waals surface area contributed by atoms with Gasteiger partial charge in [-0.15, -0.1) is 0 Å². The molecule has 0 spiro atoms. The standard InChI is InChI=1S/C23H31FN4O4/c1-12-21-16(9-17(24)22(12)27-7-5-14(11-27)13(2)25)19(32-8-6-18(29)23(26)31)10-20(30)28(21)15-3-4-15/h9-10,13-15,18,29H,3-8,11,25H2,1-2H3,(H2,26,31)/t13-,14+,18?/m0/s1. The van der Waals surface area contributed by atoms with E-state index in [2.05, 4.69) is 0 Å². The minimum absolute atomic E-state index is 0.0193. The van der Waals surface area contributed by atoms with Gasteiger partial charge in [-0.1, -0.05) is 0 Å². The van der Waals surface area contributed by atoms with Crippen LogP contribution in [-0.2, 0) is 4.79 Å². The second kappa shape index (κ2) is 8.71. The molecule has 1 amide bonds. The zero-order valence-electron chi connectivity index (χ0n) is 18.5. The van der Waals surface area contributed by atoms with Crippen molar-refractivity contribution in [1.82, 2.24) is 4.57 Å². The highest BCUT2D eigenvalue weighted by atomic mass is 19.1. The van der Waals surface area contributed by atoms with Gasteiger partial charge in [0, 0.05) is 43.0 Å². The Labute approximate surface area is 185 Å². The van der Waals surface area contributed by atoms with Gasteiger partial charge in [0.1, 0.15) is 17.7 Å². The van der Waals surface area contributed by atoms with Gasteiger partial charge in [-0.3, -0.25) is 9.59 Å². The van der Waals surface area contributed by atoms with Crippen LogP contribution in [0.5, 0.6) is 5.75 Å². The third-order valence-corrected chi connectivity index (χ3v) is 6.63. The first-order valence-electron chi connectivity index (χ1n) is 11.2. The summed E-state index contributed by atoms with van der Waals surface area (Å²) in [6.07, 6.45) is 1.35. The first-order valence-corrected chi connectivity index (χ1v) is 11.2. The van der Waals surface area contributed by atoms with Gasteiger partial charge in [0.25, 0.3) is 5.56 Å². The lowest BCUT2D eigenvalue weighted by Crippen LogP contribution is -2.30. The molecular weight excluding hydrogens is 415 g/mol. The fraction of sp³-hybridized carbons (Fsp3) is 0.565. The van der Waals surface area contributed by atoms with E-state index in [-0.39, 0.29) is 42.2 Å². The van der Waals surface area contributed by atoms with Crippen LogP contribution in [0.1, 0.15) is 44.2 Å². The zero-order valence-corrected chi connectivity index (χ0v) is 18.5. The number of primary amides is 1.